The molecule has 0 aliphatic heterocycles. The Labute approximate surface area is 111 Å². The van der Waals surface area contributed by atoms with Gasteiger partial charge in [-0.1, -0.05) is 18.2 Å². The van der Waals surface area contributed by atoms with Gasteiger partial charge in [-0.2, -0.15) is 0 Å². The molecule has 3 nitrogen and oxygen atoms in total. The maximum absolute atomic E-state index is 13.4. The van der Waals surface area contributed by atoms with Crippen molar-refractivity contribution in [3.63, 3.8) is 0 Å². The number of benzene rings is 2. The molecule has 2 aromatic rings. The summed E-state index contributed by atoms with van der Waals surface area (Å²) in [5, 5.41) is 2.65. The molecule has 1 amide bonds. The van der Waals surface area contributed by atoms with Crippen LogP contribution in [0.2, 0.25) is 0 Å². The summed E-state index contributed by atoms with van der Waals surface area (Å²) in [6, 6.07) is 11.6. The summed E-state index contributed by atoms with van der Waals surface area (Å²) in [6.07, 6.45) is 0. The third-order valence-corrected chi connectivity index (χ3v) is 2.88. The molecule has 0 bridgehead atoms. The molecule has 0 saturated heterocycles. The number of rotatable bonds is 3. The molecule has 19 heavy (non-hydrogen) atoms. The standard InChI is InChI=1S/C15H15FN2O/c1-10-2-7-13(8-14(10)16)18-15(19)12-5-3-11(9-17)4-6-12/h2-8H,9,17H2,1H3,(H,18,19). The zero-order valence-corrected chi connectivity index (χ0v) is 10.6. The normalized spacial score (nSPS) is 10.3. The molecule has 0 unspecified atom stereocenters. The van der Waals surface area contributed by atoms with Gasteiger partial charge in [-0.05, 0) is 42.3 Å². The van der Waals surface area contributed by atoms with E-state index in [4.69, 9.17) is 5.73 Å². The Hall–Kier alpha value is -2.20. The van der Waals surface area contributed by atoms with E-state index in [9.17, 15) is 9.18 Å². The van der Waals surface area contributed by atoms with Gasteiger partial charge in [-0.25, -0.2) is 4.39 Å². The quantitative estimate of drug-likeness (QED) is 0.889. The van der Waals surface area contributed by atoms with Crippen LogP contribution in [0.25, 0.3) is 0 Å². The van der Waals surface area contributed by atoms with Crippen molar-refractivity contribution in [2.75, 3.05) is 5.32 Å². The largest absolute Gasteiger partial charge is 0.326 e. The van der Waals surface area contributed by atoms with Gasteiger partial charge >= 0.3 is 0 Å². The van der Waals surface area contributed by atoms with E-state index in [0.717, 1.165) is 5.56 Å². The van der Waals surface area contributed by atoms with Crippen LogP contribution in [-0.2, 0) is 6.54 Å². The SMILES string of the molecule is Cc1ccc(NC(=O)c2ccc(CN)cc2)cc1F. The third kappa shape index (κ3) is 3.17. The minimum atomic E-state index is -0.337. The Bertz CT molecular complexity index is 594. The van der Waals surface area contributed by atoms with Crippen LogP contribution in [0, 0.1) is 12.7 Å². The van der Waals surface area contributed by atoms with Crippen molar-refractivity contribution in [1.82, 2.24) is 0 Å². The second kappa shape index (κ2) is 5.63. The first kappa shape index (κ1) is 13.2. The lowest BCUT2D eigenvalue weighted by atomic mass is 10.1. The summed E-state index contributed by atoms with van der Waals surface area (Å²) in [4.78, 5) is 11.9. The second-order valence-corrected chi connectivity index (χ2v) is 4.32. The van der Waals surface area contributed by atoms with Crippen molar-refractivity contribution in [2.24, 2.45) is 5.73 Å². The fourth-order valence-corrected chi connectivity index (χ4v) is 1.67. The Morgan fingerprint density at radius 1 is 1.21 bits per heavy atom. The molecule has 0 atom stereocenters. The lowest BCUT2D eigenvalue weighted by Gasteiger charge is -2.07. The van der Waals surface area contributed by atoms with E-state index in [-0.39, 0.29) is 11.7 Å². The molecule has 98 valence electrons. The van der Waals surface area contributed by atoms with Crippen molar-refractivity contribution in [1.29, 1.82) is 0 Å². The number of nitrogens with two attached hydrogens (primary N) is 1. The molecule has 0 saturated carbocycles. The van der Waals surface area contributed by atoms with Gasteiger partial charge in [0.1, 0.15) is 5.82 Å². The summed E-state index contributed by atoms with van der Waals surface area (Å²) in [5.41, 5.74) is 7.94. The first-order valence-electron chi connectivity index (χ1n) is 5.96. The Morgan fingerprint density at radius 2 is 1.89 bits per heavy atom. The Morgan fingerprint density at radius 3 is 2.47 bits per heavy atom. The van der Waals surface area contributed by atoms with Gasteiger partial charge in [-0.3, -0.25) is 4.79 Å². The first-order chi connectivity index (χ1) is 9.10. The maximum atomic E-state index is 13.4. The maximum Gasteiger partial charge on any atom is 0.255 e. The molecule has 0 radical (unpaired) electrons. The van der Waals surface area contributed by atoms with Gasteiger partial charge in [0, 0.05) is 17.8 Å². The number of anilines is 1. The van der Waals surface area contributed by atoms with Crippen molar-refractivity contribution < 1.29 is 9.18 Å². The van der Waals surface area contributed by atoms with Crippen molar-refractivity contribution >= 4 is 11.6 Å². The van der Waals surface area contributed by atoms with Gasteiger partial charge in [0.05, 0.1) is 0 Å². The van der Waals surface area contributed by atoms with E-state index >= 15 is 0 Å². The number of hydrogen-bond acceptors (Lipinski definition) is 2. The molecule has 0 aliphatic rings. The Kier molecular flexibility index (Phi) is 3.92. The highest BCUT2D eigenvalue weighted by Gasteiger charge is 2.07. The van der Waals surface area contributed by atoms with E-state index in [1.807, 2.05) is 0 Å². The van der Waals surface area contributed by atoms with Crippen molar-refractivity contribution in [2.45, 2.75) is 13.5 Å². The summed E-state index contributed by atoms with van der Waals surface area (Å²) >= 11 is 0. The van der Waals surface area contributed by atoms with E-state index in [1.165, 1.54) is 6.07 Å². The average molecular weight is 258 g/mol. The smallest absolute Gasteiger partial charge is 0.255 e. The summed E-state index contributed by atoms with van der Waals surface area (Å²) in [5.74, 6) is -0.608. The number of amides is 1. The lowest BCUT2D eigenvalue weighted by Crippen LogP contribution is -2.12. The molecule has 4 heteroatoms. The van der Waals surface area contributed by atoms with Crippen LogP contribution in [0.15, 0.2) is 42.5 Å². The molecular weight excluding hydrogens is 243 g/mol. The molecule has 0 aromatic heterocycles. The highest BCUT2D eigenvalue weighted by Crippen LogP contribution is 2.15. The topological polar surface area (TPSA) is 55.1 Å². The van der Waals surface area contributed by atoms with Gasteiger partial charge in [0.25, 0.3) is 5.91 Å². The van der Waals surface area contributed by atoms with E-state index in [1.54, 1.807) is 43.3 Å². The fourth-order valence-electron chi connectivity index (χ4n) is 1.67. The third-order valence-electron chi connectivity index (χ3n) is 2.88. The predicted molar refractivity (Wildman–Crippen MR) is 73.4 cm³/mol. The average Bonchev–Trinajstić information content (AvgIpc) is 2.43. The zero-order chi connectivity index (χ0) is 13.8. The minimum Gasteiger partial charge on any atom is -0.326 e. The van der Waals surface area contributed by atoms with Crippen molar-refractivity contribution in [3.05, 3.63) is 65.0 Å². The molecule has 0 spiro atoms. The van der Waals surface area contributed by atoms with Gasteiger partial charge < -0.3 is 11.1 Å². The molecule has 0 fully saturated rings. The molecule has 0 heterocycles. The van der Waals surface area contributed by atoms with Crippen LogP contribution in [0.1, 0.15) is 21.5 Å². The predicted octanol–water partition coefficient (Wildman–Crippen LogP) is 2.85. The number of halogens is 1. The van der Waals surface area contributed by atoms with Crippen molar-refractivity contribution in [3.8, 4) is 0 Å². The molecule has 2 aromatic carbocycles. The van der Waals surface area contributed by atoms with E-state index in [2.05, 4.69) is 5.32 Å². The molecule has 3 N–H and O–H groups in total. The van der Waals surface area contributed by atoms with Gasteiger partial charge in [0.15, 0.2) is 0 Å². The lowest BCUT2D eigenvalue weighted by molar-refractivity contribution is 0.102. The summed E-state index contributed by atoms with van der Waals surface area (Å²) in [6.45, 7) is 2.11. The molecular formula is C15H15FN2O. The number of aryl methyl sites for hydroxylation is 1. The van der Waals surface area contributed by atoms with Crippen LogP contribution in [0.3, 0.4) is 0 Å². The summed E-state index contributed by atoms with van der Waals surface area (Å²) in [7, 11) is 0. The number of hydrogen-bond donors (Lipinski definition) is 2. The molecule has 2 rings (SSSR count). The molecule has 0 aliphatic carbocycles. The number of carbonyl (C=O) groups excluding carboxylic acids is 1. The second-order valence-electron chi connectivity index (χ2n) is 4.32. The monoisotopic (exact) mass is 258 g/mol. The highest BCUT2D eigenvalue weighted by molar-refractivity contribution is 6.04. The minimum absolute atomic E-state index is 0.271. The number of nitrogens with one attached hydrogen (secondary N) is 1. The van der Waals surface area contributed by atoms with Crippen LogP contribution >= 0.6 is 0 Å². The fraction of sp³-hybridized carbons (Fsp3) is 0.133. The first-order valence-corrected chi connectivity index (χ1v) is 5.96. The van der Waals surface area contributed by atoms with Crippen LogP contribution in [-0.4, -0.2) is 5.91 Å². The summed E-state index contributed by atoms with van der Waals surface area (Å²) < 4.78 is 13.4. The van der Waals surface area contributed by atoms with Crippen LogP contribution in [0.5, 0.6) is 0 Å². The highest BCUT2D eigenvalue weighted by atomic mass is 19.1. The zero-order valence-electron chi connectivity index (χ0n) is 10.6. The van der Waals surface area contributed by atoms with Crippen LogP contribution < -0.4 is 11.1 Å². The number of carbonyl (C=O) groups is 1. The van der Waals surface area contributed by atoms with Gasteiger partial charge in [-0.15, -0.1) is 0 Å². The van der Waals surface area contributed by atoms with Crippen LogP contribution in [0.4, 0.5) is 10.1 Å². The van der Waals surface area contributed by atoms with E-state index < -0.39 is 0 Å². The Balaban J connectivity index is 2.13. The van der Waals surface area contributed by atoms with E-state index in [0.29, 0.717) is 23.4 Å². The van der Waals surface area contributed by atoms with Gasteiger partial charge in [0.2, 0.25) is 0 Å².